The van der Waals surface area contributed by atoms with Gasteiger partial charge in [-0.3, -0.25) is 4.98 Å². The molecule has 2 N–H and O–H groups in total. The maximum absolute atomic E-state index is 11.8. The molecule has 7 atom stereocenters. The van der Waals surface area contributed by atoms with Gasteiger partial charge in [0.05, 0.1) is 11.7 Å². The molecule has 1 aromatic heterocycles. The van der Waals surface area contributed by atoms with E-state index >= 15 is 0 Å². The number of hydrogen-bond donors (Lipinski definition) is 2. The van der Waals surface area contributed by atoms with Crippen molar-refractivity contribution in [2.45, 2.75) is 83.8 Å². The highest BCUT2D eigenvalue weighted by Gasteiger charge is 2.73. The number of hydrogen-bond acceptors (Lipinski definition) is 3. The maximum atomic E-state index is 11.8. The third-order valence-corrected chi connectivity index (χ3v) is 9.12. The molecular weight excluding hydrogens is 334 g/mol. The van der Waals surface area contributed by atoms with Gasteiger partial charge in [-0.1, -0.05) is 38.8 Å². The topological polar surface area (TPSA) is 53.4 Å². The quantitative estimate of drug-likeness (QED) is 0.739. The van der Waals surface area contributed by atoms with E-state index in [4.69, 9.17) is 4.98 Å². The summed E-state index contributed by atoms with van der Waals surface area (Å²) in [6.07, 6.45) is 7.93. The Balaban J connectivity index is 1.89. The summed E-state index contributed by atoms with van der Waals surface area (Å²) in [5.74, 6) is -0.290. The number of allylic oxidation sites excluding steroid dienone is 1. The molecule has 6 unspecified atom stereocenters. The summed E-state index contributed by atoms with van der Waals surface area (Å²) in [5, 5.41) is 23.1. The molecule has 3 aliphatic rings. The number of aliphatic hydroxyl groups is 2. The highest BCUT2D eigenvalue weighted by Crippen LogP contribution is 2.75. The fourth-order valence-electron chi connectivity index (χ4n) is 7.58. The Morgan fingerprint density at radius 1 is 1.15 bits per heavy atom. The van der Waals surface area contributed by atoms with Crippen molar-refractivity contribution >= 4 is 0 Å². The number of aryl methyl sites for hydroxylation is 1. The third kappa shape index (κ3) is 2.31. The summed E-state index contributed by atoms with van der Waals surface area (Å²) in [5.41, 5.74) is 0.756. The number of rotatable bonds is 2. The van der Waals surface area contributed by atoms with Gasteiger partial charge in [0.1, 0.15) is 0 Å². The van der Waals surface area contributed by atoms with E-state index in [0.717, 1.165) is 37.1 Å². The van der Waals surface area contributed by atoms with Crippen LogP contribution >= 0.6 is 0 Å². The molecule has 0 saturated heterocycles. The van der Waals surface area contributed by atoms with E-state index in [9.17, 15) is 10.2 Å². The van der Waals surface area contributed by atoms with Crippen molar-refractivity contribution in [2.24, 2.45) is 22.2 Å². The summed E-state index contributed by atoms with van der Waals surface area (Å²) in [6, 6.07) is 6.06. The van der Waals surface area contributed by atoms with Crippen molar-refractivity contribution in [2.75, 3.05) is 0 Å². The standard InChI is InChI=1S/C24H35NO2/c1-6-24-14-17(18-11-9-10-16(2)25-18)23(5,27)20(24)19(26)15-21(3)12-7-8-13-22(21,24)4/h6,9-11,17,19-20,26-27H,1,7-8,12-15H2,2-5H3/t17-,19?,20?,21?,22?,23?,24?/m1/s1. The lowest BCUT2D eigenvalue weighted by atomic mass is 9.39. The average Bonchev–Trinajstić information content (AvgIpc) is 2.86. The van der Waals surface area contributed by atoms with Crippen molar-refractivity contribution in [1.29, 1.82) is 0 Å². The maximum Gasteiger partial charge on any atom is 0.0764 e. The fraction of sp³-hybridized carbons (Fsp3) is 0.708. The van der Waals surface area contributed by atoms with Gasteiger partial charge in [-0.2, -0.15) is 0 Å². The molecule has 148 valence electrons. The fourth-order valence-corrected chi connectivity index (χ4v) is 7.58. The van der Waals surface area contributed by atoms with Crippen LogP contribution in [0.25, 0.3) is 0 Å². The van der Waals surface area contributed by atoms with Crippen LogP contribution in [-0.4, -0.2) is 26.9 Å². The average molecular weight is 370 g/mol. The van der Waals surface area contributed by atoms with Crippen LogP contribution in [-0.2, 0) is 0 Å². The molecule has 3 fully saturated rings. The highest BCUT2D eigenvalue weighted by molar-refractivity contribution is 5.32. The molecule has 0 bridgehead atoms. The van der Waals surface area contributed by atoms with E-state index in [1.165, 1.54) is 12.8 Å². The van der Waals surface area contributed by atoms with Gasteiger partial charge >= 0.3 is 0 Å². The van der Waals surface area contributed by atoms with Gasteiger partial charge in [-0.15, -0.1) is 6.58 Å². The Hall–Kier alpha value is -1.19. The summed E-state index contributed by atoms with van der Waals surface area (Å²) >= 11 is 0. The minimum Gasteiger partial charge on any atom is -0.393 e. The van der Waals surface area contributed by atoms with E-state index < -0.39 is 11.7 Å². The Labute approximate surface area is 163 Å². The van der Waals surface area contributed by atoms with Gasteiger partial charge in [0, 0.05) is 28.6 Å². The monoisotopic (exact) mass is 369 g/mol. The first-order valence-electron chi connectivity index (χ1n) is 10.6. The first-order valence-corrected chi connectivity index (χ1v) is 10.6. The minimum atomic E-state index is -1.00. The molecule has 1 heterocycles. The van der Waals surface area contributed by atoms with Gasteiger partial charge in [0.15, 0.2) is 0 Å². The molecule has 3 aliphatic carbocycles. The normalized spacial score (nSPS) is 49.3. The molecule has 3 heteroatoms. The molecule has 0 aliphatic heterocycles. The van der Waals surface area contributed by atoms with Crippen LogP contribution in [0.5, 0.6) is 0 Å². The van der Waals surface area contributed by atoms with Crippen LogP contribution in [0.2, 0.25) is 0 Å². The van der Waals surface area contributed by atoms with Crippen molar-refractivity contribution in [1.82, 2.24) is 4.98 Å². The molecule has 0 amide bonds. The van der Waals surface area contributed by atoms with Crippen molar-refractivity contribution in [3.05, 3.63) is 42.2 Å². The molecule has 3 nitrogen and oxygen atoms in total. The van der Waals surface area contributed by atoms with Crippen LogP contribution in [0.4, 0.5) is 0 Å². The third-order valence-electron chi connectivity index (χ3n) is 9.12. The second kappa shape index (κ2) is 5.90. The summed E-state index contributed by atoms with van der Waals surface area (Å²) in [6.45, 7) is 13.0. The molecule has 0 aromatic carbocycles. The molecular formula is C24H35NO2. The Kier molecular flexibility index (Phi) is 4.19. The van der Waals surface area contributed by atoms with Crippen LogP contribution in [0.15, 0.2) is 30.9 Å². The SMILES string of the molecule is C=CC12C[C@H](c3cccc(C)n3)C(C)(O)C1C(O)CC1(C)CCCCC12C. The lowest BCUT2D eigenvalue weighted by Gasteiger charge is -2.66. The van der Waals surface area contributed by atoms with Gasteiger partial charge in [-0.05, 0) is 62.5 Å². The second-order valence-corrected chi connectivity index (χ2v) is 10.3. The number of aromatic nitrogens is 1. The van der Waals surface area contributed by atoms with Crippen LogP contribution in [0.3, 0.4) is 0 Å². The molecule has 0 spiro atoms. The van der Waals surface area contributed by atoms with Crippen LogP contribution in [0.1, 0.15) is 76.6 Å². The van der Waals surface area contributed by atoms with Gasteiger partial charge in [-0.25, -0.2) is 0 Å². The van der Waals surface area contributed by atoms with E-state index in [1.807, 2.05) is 32.0 Å². The van der Waals surface area contributed by atoms with E-state index in [1.54, 1.807) is 0 Å². The smallest absolute Gasteiger partial charge is 0.0764 e. The Bertz CT molecular complexity index is 759. The van der Waals surface area contributed by atoms with E-state index in [-0.39, 0.29) is 28.1 Å². The summed E-state index contributed by atoms with van der Waals surface area (Å²) in [7, 11) is 0. The van der Waals surface area contributed by atoms with Crippen molar-refractivity contribution in [3.8, 4) is 0 Å². The number of pyridine rings is 1. The predicted molar refractivity (Wildman–Crippen MR) is 108 cm³/mol. The summed E-state index contributed by atoms with van der Waals surface area (Å²) < 4.78 is 0. The Morgan fingerprint density at radius 3 is 2.52 bits per heavy atom. The molecule has 0 radical (unpaired) electrons. The molecule has 4 rings (SSSR count). The molecule has 27 heavy (non-hydrogen) atoms. The van der Waals surface area contributed by atoms with Crippen LogP contribution < -0.4 is 0 Å². The van der Waals surface area contributed by atoms with Gasteiger partial charge in [0.2, 0.25) is 0 Å². The lowest BCUT2D eigenvalue weighted by molar-refractivity contribution is -0.205. The van der Waals surface area contributed by atoms with Crippen molar-refractivity contribution in [3.63, 3.8) is 0 Å². The van der Waals surface area contributed by atoms with E-state index in [2.05, 4.69) is 26.5 Å². The highest BCUT2D eigenvalue weighted by atomic mass is 16.3. The van der Waals surface area contributed by atoms with Gasteiger partial charge in [0.25, 0.3) is 0 Å². The number of fused-ring (bicyclic) bond motifs is 3. The zero-order valence-electron chi connectivity index (χ0n) is 17.3. The number of nitrogens with zero attached hydrogens (tertiary/aromatic N) is 1. The molecule has 3 saturated carbocycles. The zero-order chi connectivity index (χ0) is 19.7. The predicted octanol–water partition coefficient (Wildman–Crippen LogP) is 4.77. The summed E-state index contributed by atoms with van der Waals surface area (Å²) in [4.78, 5) is 4.77. The Morgan fingerprint density at radius 2 is 1.85 bits per heavy atom. The molecule has 1 aromatic rings. The number of aliphatic hydroxyl groups excluding tert-OH is 1. The van der Waals surface area contributed by atoms with Gasteiger partial charge < -0.3 is 10.2 Å². The minimum absolute atomic E-state index is 0.0342. The lowest BCUT2D eigenvalue weighted by Crippen LogP contribution is -2.63. The van der Waals surface area contributed by atoms with E-state index in [0.29, 0.717) is 0 Å². The largest absolute Gasteiger partial charge is 0.393 e. The first-order chi connectivity index (χ1) is 12.6. The van der Waals surface area contributed by atoms with Crippen molar-refractivity contribution < 1.29 is 10.2 Å². The first kappa shape index (κ1) is 19.1. The second-order valence-electron chi connectivity index (χ2n) is 10.3. The zero-order valence-corrected chi connectivity index (χ0v) is 17.3. The van der Waals surface area contributed by atoms with Crippen LogP contribution in [0, 0.1) is 29.1 Å².